The Balaban J connectivity index is 1.83. The lowest BCUT2D eigenvalue weighted by atomic mass is 10.2. The first-order chi connectivity index (χ1) is 11.6. The lowest BCUT2D eigenvalue weighted by Gasteiger charge is -2.25. The number of nitrogens with zero attached hydrogens (tertiary/aromatic N) is 3. The van der Waals surface area contributed by atoms with E-state index < -0.39 is 0 Å². The second-order valence-electron chi connectivity index (χ2n) is 5.97. The van der Waals surface area contributed by atoms with Crippen LogP contribution in [0.15, 0.2) is 65.9 Å². The number of likely N-dealkylation sites (N-methyl/N-ethyl adjacent to an activating group) is 2. The fourth-order valence-corrected chi connectivity index (χ4v) is 3.36. The first kappa shape index (κ1) is 14.5. The van der Waals surface area contributed by atoms with Crippen molar-refractivity contribution < 1.29 is 9.59 Å². The highest BCUT2D eigenvalue weighted by Crippen LogP contribution is 2.38. The zero-order chi connectivity index (χ0) is 16.8. The third-order valence-corrected chi connectivity index (χ3v) is 4.62. The minimum atomic E-state index is -0.142. The van der Waals surface area contributed by atoms with Crippen molar-refractivity contribution in [3.05, 3.63) is 65.9 Å². The number of carbonyl (C=O) groups is 2. The van der Waals surface area contributed by atoms with Gasteiger partial charge in [0.2, 0.25) is 0 Å². The molecule has 2 amide bonds. The van der Waals surface area contributed by atoms with Crippen LogP contribution in [0, 0.1) is 0 Å². The molecule has 2 heterocycles. The van der Waals surface area contributed by atoms with Crippen molar-refractivity contribution in [2.24, 2.45) is 0 Å². The molecular formula is C19H17N3O2. The van der Waals surface area contributed by atoms with Gasteiger partial charge in [0.25, 0.3) is 11.8 Å². The van der Waals surface area contributed by atoms with Crippen LogP contribution in [0.2, 0.25) is 0 Å². The van der Waals surface area contributed by atoms with Gasteiger partial charge in [0.1, 0.15) is 5.70 Å². The normalized spacial score (nSPS) is 17.2. The van der Waals surface area contributed by atoms with Crippen LogP contribution < -0.4 is 14.7 Å². The van der Waals surface area contributed by atoms with Crippen molar-refractivity contribution in [2.45, 2.75) is 0 Å². The number of benzene rings is 2. The molecule has 2 aromatic rings. The van der Waals surface area contributed by atoms with Crippen molar-refractivity contribution in [1.82, 2.24) is 0 Å². The monoisotopic (exact) mass is 319 g/mol. The van der Waals surface area contributed by atoms with Crippen molar-refractivity contribution in [2.75, 3.05) is 35.3 Å². The number of hydrogen-bond acceptors (Lipinski definition) is 3. The summed E-state index contributed by atoms with van der Waals surface area (Å²) in [5, 5.41) is 0. The van der Waals surface area contributed by atoms with E-state index in [9.17, 15) is 9.59 Å². The summed E-state index contributed by atoms with van der Waals surface area (Å²) in [6.45, 7) is 0.291. The van der Waals surface area contributed by atoms with Gasteiger partial charge < -0.3 is 14.7 Å². The number of rotatable bonds is 1. The minimum absolute atomic E-state index is 0.131. The van der Waals surface area contributed by atoms with Crippen LogP contribution >= 0.6 is 0 Å². The molecule has 2 aromatic carbocycles. The van der Waals surface area contributed by atoms with Crippen LogP contribution in [0.4, 0.5) is 17.1 Å². The molecule has 0 unspecified atom stereocenters. The minimum Gasteiger partial charge on any atom is -0.338 e. The van der Waals surface area contributed by atoms with Crippen LogP contribution in [0.5, 0.6) is 0 Å². The smallest absolute Gasteiger partial charge is 0.275 e. The van der Waals surface area contributed by atoms with Gasteiger partial charge in [-0.05, 0) is 24.3 Å². The molecule has 0 fully saturated rings. The van der Waals surface area contributed by atoms with Gasteiger partial charge in [-0.2, -0.15) is 0 Å². The van der Waals surface area contributed by atoms with Gasteiger partial charge in [-0.1, -0.05) is 30.3 Å². The Bertz CT molecular complexity index is 873. The van der Waals surface area contributed by atoms with Gasteiger partial charge in [0.05, 0.1) is 23.5 Å². The fourth-order valence-electron chi connectivity index (χ4n) is 3.36. The van der Waals surface area contributed by atoms with Crippen molar-refractivity contribution in [1.29, 1.82) is 0 Å². The van der Waals surface area contributed by atoms with Crippen molar-refractivity contribution in [3.8, 4) is 0 Å². The van der Waals surface area contributed by atoms with Crippen molar-refractivity contribution >= 4 is 28.9 Å². The maximum absolute atomic E-state index is 13.0. The standard InChI is InChI=1S/C19H17N3O2/c1-20-15-10-6-7-11-16(15)21(2)18(23)14-12-22(19(24)17(14)20)13-8-4-3-5-9-13/h3-11H,12H2,1-2H3. The highest BCUT2D eigenvalue weighted by molar-refractivity contribution is 6.22. The largest absolute Gasteiger partial charge is 0.338 e. The first-order valence-electron chi connectivity index (χ1n) is 7.80. The molecular weight excluding hydrogens is 302 g/mol. The third kappa shape index (κ3) is 1.94. The summed E-state index contributed by atoms with van der Waals surface area (Å²) in [5.74, 6) is -0.272. The van der Waals surface area contributed by atoms with Gasteiger partial charge in [0, 0.05) is 19.8 Å². The van der Waals surface area contributed by atoms with E-state index in [0.29, 0.717) is 17.8 Å². The first-order valence-corrected chi connectivity index (χ1v) is 7.80. The molecule has 2 aliphatic rings. The molecule has 0 saturated carbocycles. The molecule has 0 spiro atoms. The molecule has 24 heavy (non-hydrogen) atoms. The Kier molecular flexibility index (Phi) is 3.16. The number of carbonyl (C=O) groups excluding carboxylic acids is 2. The number of amides is 2. The predicted octanol–water partition coefficient (Wildman–Crippen LogP) is 2.40. The van der Waals surface area contributed by atoms with E-state index in [-0.39, 0.29) is 11.8 Å². The zero-order valence-corrected chi connectivity index (χ0v) is 13.6. The van der Waals surface area contributed by atoms with E-state index >= 15 is 0 Å². The second-order valence-corrected chi connectivity index (χ2v) is 5.97. The fraction of sp³-hybridized carbons (Fsp3) is 0.158. The van der Waals surface area contributed by atoms with Crippen LogP contribution in [0.3, 0.4) is 0 Å². The lowest BCUT2D eigenvalue weighted by Crippen LogP contribution is -2.33. The Morgan fingerprint density at radius 3 is 2.00 bits per heavy atom. The van der Waals surface area contributed by atoms with Gasteiger partial charge in [-0.15, -0.1) is 0 Å². The van der Waals surface area contributed by atoms with E-state index in [1.54, 1.807) is 16.8 Å². The molecule has 5 nitrogen and oxygen atoms in total. The second kappa shape index (κ2) is 5.23. The molecule has 0 radical (unpaired) electrons. The highest BCUT2D eigenvalue weighted by atomic mass is 16.2. The summed E-state index contributed by atoms with van der Waals surface area (Å²) in [7, 11) is 3.59. The topological polar surface area (TPSA) is 43.9 Å². The Morgan fingerprint density at radius 1 is 0.750 bits per heavy atom. The van der Waals surface area contributed by atoms with Crippen LogP contribution in [-0.4, -0.2) is 32.5 Å². The Labute approximate surface area is 140 Å². The number of fused-ring (bicyclic) bond motifs is 1. The van der Waals surface area contributed by atoms with E-state index in [1.807, 2.05) is 66.5 Å². The van der Waals surface area contributed by atoms with Gasteiger partial charge in [-0.3, -0.25) is 9.59 Å². The Morgan fingerprint density at radius 2 is 1.33 bits per heavy atom. The summed E-state index contributed by atoms with van der Waals surface area (Å²) in [5.41, 5.74) is 3.44. The zero-order valence-electron chi connectivity index (χ0n) is 13.6. The maximum atomic E-state index is 13.0. The molecule has 0 N–H and O–H groups in total. The third-order valence-electron chi connectivity index (χ3n) is 4.62. The number of para-hydroxylation sites is 3. The lowest BCUT2D eigenvalue weighted by molar-refractivity contribution is -0.116. The van der Waals surface area contributed by atoms with Gasteiger partial charge in [0.15, 0.2) is 0 Å². The maximum Gasteiger partial charge on any atom is 0.275 e. The number of hydrogen-bond donors (Lipinski definition) is 0. The summed E-state index contributed by atoms with van der Waals surface area (Å²) < 4.78 is 0. The van der Waals surface area contributed by atoms with E-state index in [4.69, 9.17) is 0 Å². The molecule has 0 aliphatic carbocycles. The number of anilines is 3. The quantitative estimate of drug-likeness (QED) is 0.811. The molecule has 0 saturated heterocycles. The molecule has 5 heteroatoms. The average molecular weight is 319 g/mol. The van der Waals surface area contributed by atoms with E-state index in [0.717, 1.165) is 17.1 Å². The highest BCUT2D eigenvalue weighted by Gasteiger charge is 2.41. The summed E-state index contributed by atoms with van der Waals surface area (Å²) >= 11 is 0. The van der Waals surface area contributed by atoms with E-state index in [2.05, 4.69) is 0 Å². The summed E-state index contributed by atoms with van der Waals surface area (Å²) in [6, 6.07) is 17.1. The SMILES string of the molecule is CN1C(=O)C2=C(C(=O)N(c3ccccc3)C2)N(C)c2ccccc21. The van der Waals surface area contributed by atoms with Crippen LogP contribution in [0.25, 0.3) is 0 Å². The van der Waals surface area contributed by atoms with Crippen LogP contribution in [0.1, 0.15) is 0 Å². The van der Waals surface area contributed by atoms with E-state index in [1.165, 1.54) is 0 Å². The molecule has 0 atom stereocenters. The molecule has 0 aromatic heterocycles. The summed E-state index contributed by atoms with van der Waals surface area (Å²) in [4.78, 5) is 31.0. The van der Waals surface area contributed by atoms with Crippen LogP contribution in [-0.2, 0) is 9.59 Å². The Hall–Kier alpha value is -3.08. The molecule has 120 valence electrons. The van der Waals surface area contributed by atoms with Gasteiger partial charge in [-0.25, -0.2) is 0 Å². The average Bonchev–Trinajstić information content (AvgIpc) is 2.94. The summed E-state index contributed by atoms with van der Waals surface area (Å²) in [6.07, 6.45) is 0. The molecule has 0 bridgehead atoms. The molecule has 4 rings (SSSR count). The molecule has 2 aliphatic heterocycles. The van der Waals surface area contributed by atoms with Gasteiger partial charge >= 0.3 is 0 Å². The van der Waals surface area contributed by atoms with Crippen molar-refractivity contribution in [3.63, 3.8) is 0 Å². The predicted molar refractivity (Wildman–Crippen MR) is 94.1 cm³/mol.